The molecule has 0 bridgehead atoms. The molecule has 6 heteroatoms. The number of hydrogen-bond acceptors (Lipinski definition) is 6. The van der Waals surface area contributed by atoms with Gasteiger partial charge < -0.3 is 16.5 Å². The van der Waals surface area contributed by atoms with Crippen molar-refractivity contribution in [2.75, 3.05) is 23.0 Å². The Kier molecular flexibility index (Phi) is 14.3. The molecule has 6 nitrogen and oxygen atoms in total. The van der Waals surface area contributed by atoms with Crippen LogP contribution in [0, 0.1) is 0 Å². The maximum atomic E-state index is 6.18. The summed E-state index contributed by atoms with van der Waals surface area (Å²) >= 11 is 0. The zero-order valence-corrected chi connectivity index (χ0v) is 20.2. The van der Waals surface area contributed by atoms with Gasteiger partial charge >= 0.3 is 0 Å². The molecule has 0 aliphatic rings. The van der Waals surface area contributed by atoms with Gasteiger partial charge in [-0.3, -0.25) is 0 Å². The highest BCUT2D eigenvalue weighted by Crippen LogP contribution is 2.22. The average molecular weight is 421 g/mol. The summed E-state index contributed by atoms with van der Waals surface area (Å²) in [6, 6.07) is 0. The first-order chi connectivity index (χ1) is 14.4. The molecular weight excluding hydrogens is 372 g/mol. The molecule has 0 aliphatic carbocycles. The zero-order valence-electron chi connectivity index (χ0n) is 20.2. The van der Waals surface area contributed by atoms with E-state index in [1.165, 1.54) is 89.8 Å². The van der Waals surface area contributed by atoms with Crippen molar-refractivity contribution in [1.82, 2.24) is 15.4 Å². The van der Waals surface area contributed by atoms with Gasteiger partial charge in [0.1, 0.15) is 12.0 Å². The van der Waals surface area contributed by atoms with Crippen LogP contribution in [0.15, 0.2) is 6.33 Å². The maximum Gasteiger partial charge on any atom is 0.169 e. The third-order valence-corrected chi connectivity index (χ3v) is 5.26. The third kappa shape index (κ3) is 13.6. The van der Waals surface area contributed by atoms with Crippen LogP contribution >= 0.6 is 0 Å². The van der Waals surface area contributed by atoms with Crippen molar-refractivity contribution in [3.8, 4) is 0 Å². The molecular formula is C24H48N6. The first-order valence-electron chi connectivity index (χ1n) is 12.3. The highest BCUT2D eigenvalue weighted by molar-refractivity contribution is 5.73. The Labute approximate surface area is 185 Å². The third-order valence-electron chi connectivity index (χ3n) is 5.26. The molecule has 0 unspecified atom stereocenters. The van der Waals surface area contributed by atoms with Crippen molar-refractivity contribution >= 4 is 17.3 Å². The molecule has 0 aromatic carbocycles. The number of unbranched alkanes of at least 4 members (excludes halogenated alkanes) is 13. The zero-order chi connectivity index (χ0) is 22.1. The van der Waals surface area contributed by atoms with Crippen LogP contribution in [0.25, 0.3) is 0 Å². The lowest BCUT2D eigenvalue weighted by molar-refractivity contribution is 0.464. The van der Waals surface area contributed by atoms with Gasteiger partial charge in [-0.25, -0.2) is 15.4 Å². The number of nitrogen functional groups attached to an aromatic ring is 1. The van der Waals surface area contributed by atoms with Crippen molar-refractivity contribution < 1.29 is 0 Å². The van der Waals surface area contributed by atoms with E-state index in [0.29, 0.717) is 17.3 Å². The number of rotatable bonds is 18. The van der Waals surface area contributed by atoms with Crippen LogP contribution < -0.4 is 21.9 Å². The van der Waals surface area contributed by atoms with Crippen molar-refractivity contribution in [1.29, 1.82) is 0 Å². The lowest BCUT2D eigenvalue weighted by atomic mass is 10.0. The van der Waals surface area contributed by atoms with Crippen LogP contribution in [-0.2, 0) is 0 Å². The van der Waals surface area contributed by atoms with Crippen LogP contribution in [0.5, 0.6) is 0 Å². The smallest absolute Gasteiger partial charge is 0.169 e. The minimum Gasteiger partial charge on any atom is -0.393 e. The van der Waals surface area contributed by atoms with Crippen molar-refractivity contribution in [3.05, 3.63) is 6.33 Å². The summed E-state index contributed by atoms with van der Waals surface area (Å²) in [5, 5.41) is 3.35. The summed E-state index contributed by atoms with van der Waals surface area (Å²) in [4.78, 5) is 8.49. The summed E-state index contributed by atoms with van der Waals surface area (Å²) in [7, 11) is 0. The molecule has 174 valence electrons. The lowest BCUT2D eigenvalue weighted by Gasteiger charge is -2.22. The second-order valence-corrected chi connectivity index (χ2v) is 9.51. The Morgan fingerprint density at radius 1 is 0.733 bits per heavy atom. The van der Waals surface area contributed by atoms with Crippen LogP contribution in [0.2, 0.25) is 0 Å². The normalized spacial score (nSPS) is 11.6. The van der Waals surface area contributed by atoms with E-state index in [2.05, 4.69) is 53.8 Å². The van der Waals surface area contributed by atoms with Gasteiger partial charge in [0.25, 0.3) is 0 Å². The van der Waals surface area contributed by atoms with Gasteiger partial charge in [0.2, 0.25) is 0 Å². The first-order valence-corrected chi connectivity index (χ1v) is 12.3. The summed E-state index contributed by atoms with van der Waals surface area (Å²) < 4.78 is 0. The van der Waals surface area contributed by atoms with E-state index in [4.69, 9.17) is 5.73 Å². The van der Waals surface area contributed by atoms with Crippen LogP contribution in [0.3, 0.4) is 0 Å². The molecule has 0 fully saturated rings. The number of nitrogens with zero attached hydrogens (tertiary/aromatic N) is 2. The lowest BCUT2D eigenvalue weighted by Crippen LogP contribution is -2.40. The van der Waals surface area contributed by atoms with E-state index in [1.807, 2.05) is 0 Å². The number of hydrogen-bond donors (Lipinski definition) is 4. The molecule has 0 spiro atoms. The number of nitrogens with one attached hydrogen (secondary N) is 3. The molecule has 30 heavy (non-hydrogen) atoms. The topological polar surface area (TPSA) is 87.9 Å². The van der Waals surface area contributed by atoms with Crippen LogP contribution in [-0.4, -0.2) is 22.1 Å². The quantitative estimate of drug-likeness (QED) is 0.157. The van der Waals surface area contributed by atoms with E-state index in [-0.39, 0.29) is 5.54 Å². The predicted octanol–water partition coefficient (Wildman–Crippen LogP) is 6.67. The van der Waals surface area contributed by atoms with Gasteiger partial charge in [0, 0.05) is 12.1 Å². The average Bonchev–Trinajstić information content (AvgIpc) is 2.70. The largest absolute Gasteiger partial charge is 0.393 e. The minimum atomic E-state index is -0.0702. The van der Waals surface area contributed by atoms with Gasteiger partial charge in [-0.1, -0.05) is 90.4 Å². The molecule has 0 atom stereocenters. The monoisotopic (exact) mass is 420 g/mol. The highest BCUT2D eigenvalue weighted by atomic mass is 15.4. The van der Waals surface area contributed by atoms with E-state index in [1.54, 1.807) is 0 Å². The SMILES string of the molecule is CCCCCCCCCCCCCCCCNc1ncnc(NNC(C)(C)C)c1N. The molecule has 1 aromatic heterocycles. The summed E-state index contributed by atoms with van der Waals surface area (Å²) in [5.74, 6) is 1.32. The van der Waals surface area contributed by atoms with Gasteiger partial charge in [0.05, 0.1) is 0 Å². The van der Waals surface area contributed by atoms with Gasteiger partial charge in [-0.05, 0) is 27.2 Å². The number of hydrazine groups is 1. The van der Waals surface area contributed by atoms with Crippen LogP contribution in [0.4, 0.5) is 17.3 Å². The number of anilines is 3. The second-order valence-electron chi connectivity index (χ2n) is 9.51. The molecule has 1 aromatic rings. The second kappa shape index (κ2) is 16.2. The summed E-state index contributed by atoms with van der Waals surface area (Å²) in [5.41, 5.74) is 12.9. The standard InChI is InChI=1S/C24H48N6/c1-5-6-7-8-9-10-11-12-13-14-15-16-17-18-19-26-22-21(25)23(28-20-27-22)29-30-24(2,3)4/h20,30H,5-19,25H2,1-4H3,(H2,26,27,28,29). The van der Waals surface area contributed by atoms with Gasteiger partial charge in [-0.15, -0.1) is 0 Å². The number of aromatic nitrogens is 2. The number of nitrogens with two attached hydrogens (primary N) is 1. The van der Waals surface area contributed by atoms with E-state index < -0.39 is 0 Å². The van der Waals surface area contributed by atoms with Gasteiger partial charge in [0.15, 0.2) is 11.6 Å². The fourth-order valence-corrected chi connectivity index (χ4v) is 3.41. The van der Waals surface area contributed by atoms with Gasteiger partial charge in [-0.2, -0.15) is 0 Å². The van der Waals surface area contributed by atoms with Crippen molar-refractivity contribution in [2.24, 2.45) is 0 Å². The van der Waals surface area contributed by atoms with Crippen molar-refractivity contribution in [3.63, 3.8) is 0 Å². The molecule has 1 rings (SSSR count). The molecule has 1 heterocycles. The van der Waals surface area contributed by atoms with E-state index in [0.717, 1.165) is 13.0 Å². The Hall–Kier alpha value is -1.56. The molecule has 5 N–H and O–H groups in total. The Morgan fingerprint density at radius 3 is 1.70 bits per heavy atom. The van der Waals surface area contributed by atoms with E-state index in [9.17, 15) is 0 Å². The molecule has 0 radical (unpaired) electrons. The summed E-state index contributed by atoms with van der Waals surface area (Å²) in [6.45, 7) is 9.40. The minimum absolute atomic E-state index is 0.0702. The highest BCUT2D eigenvalue weighted by Gasteiger charge is 2.12. The fraction of sp³-hybridized carbons (Fsp3) is 0.833. The molecule has 0 amide bonds. The molecule has 0 saturated carbocycles. The first kappa shape index (κ1) is 26.5. The van der Waals surface area contributed by atoms with Crippen LogP contribution in [0.1, 0.15) is 118 Å². The predicted molar refractivity (Wildman–Crippen MR) is 132 cm³/mol. The maximum absolute atomic E-state index is 6.18. The Bertz CT molecular complexity index is 541. The molecule has 0 aliphatic heterocycles. The van der Waals surface area contributed by atoms with Crippen molar-refractivity contribution in [2.45, 2.75) is 123 Å². The molecule has 0 saturated heterocycles. The van der Waals surface area contributed by atoms with E-state index >= 15 is 0 Å². The summed E-state index contributed by atoms with van der Waals surface area (Å²) in [6.07, 6.45) is 20.8. The Balaban J connectivity index is 2.00. The Morgan fingerprint density at radius 2 is 1.20 bits per heavy atom. The fourth-order valence-electron chi connectivity index (χ4n) is 3.41.